The van der Waals surface area contributed by atoms with Gasteiger partial charge in [0.2, 0.25) is 0 Å². The molecule has 1 aromatic heterocycles. The van der Waals surface area contributed by atoms with Crippen molar-refractivity contribution in [1.29, 1.82) is 0 Å². The van der Waals surface area contributed by atoms with Crippen LogP contribution in [0, 0.1) is 0 Å². The number of nitrogens with one attached hydrogen (secondary N) is 1. The van der Waals surface area contributed by atoms with Crippen molar-refractivity contribution < 1.29 is 4.74 Å². The van der Waals surface area contributed by atoms with E-state index in [-0.39, 0.29) is 0 Å². The molecule has 1 aromatic rings. The molecule has 0 saturated heterocycles. The summed E-state index contributed by atoms with van der Waals surface area (Å²) in [6.45, 7) is 4.78. The molecule has 1 N–H and O–H groups in total. The van der Waals surface area contributed by atoms with E-state index in [1.165, 1.54) is 12.8 Å². The van der Waals surface area contributed by atoms with Gasteiger partial charge in [-0.15, -0.1) is 0 Å². The molecular weight excluding hydrogens is 202 g/mol. The van der Waals surface area contributed by atoms with Crippen LogP contribution in [0.1, 0.15) is 38.1 Å². The predicted molar refractivity (Wildman–Crippen MR) is 61.9 cm³/mol. The third-order valence-electron chi connectivity index (χ3n) is 2.93. The highest BCUT2D eigenvalue weighted by Crippen LogP contribution is 2.20. The fraction of sp³-hybridized carbons (Fsp3) is 0.667. The van der Waals surface area contributed by atoms with Crippen molar-refractivity contribution in [1.82, 2.24) is 15.3 Å². The molecule has 88 valence electrons. The second-order valence-corrected chi connectivity index (χ2v) is 4.78. The first-order valence-corrected chi connectivity index (χ1v) is 5.72. The quantitative estimate of drug-likeness (QED) is 0.820. The summed E-state index contributed by atoms with van der Waals surface area (Å²) in [4.78, 5) is 8.69. The van der Waals surface area contributed by atoms with Crippen LogP contribution in [0.3, 0.4) is 0 Å². The van der Waals surface area contributed by atoms with Gasteiger partial charge >= 0.3 is 0 Å². The predicted octanol–water partition coefficient (Wildman–Crippen LogP) is 1.61. The van der Waals surface area contributed by atoms with E-state index in [1.807, 2.05) is 26.2 Å². The summed E-state index contributed by atoms with van der Waals surface area (Å²) >= 11 is 0. The van der Waals surface area contributed by atoms with Crippen molar-refractivity contribution in [2.24, 2.45) is 0 Å². The second kappa shape index (κ2) is 4.47. The third-order valence-corrected chi connectivity index (χ3v) is 2.93. The number of hydrogen-bond donors (Lipinski definition) is 1. The first-order chi connectivity index (χ1) is 7.62. The van der Waals surface area contributed by atoms with Crippen LogP contribution >= 0.6 is 0 Å². The van der Waals surface area contributed by atoms with Gasteiger partial charge in [0.1, 0.15) is 5.60 Å². The molecular formula is C12H19N3O. The number of aromatic nitrogens is 2. The number of nitrogens with zero attached hydrogens (tertiary/aromatic N) is 2. The maximum absolute atomic E-state index is 5.33. The highest BCUT2D eigenvalue weighted by Gasteiger charge is 2.23. The van der Waals surface area contributed by atoms with Crippen LogP contribution in [0.5, 0.6) is 0 Å². The number of methoxy groups -OCH3 is 1. The summed E-state index contributed by atoms with van der Waals surface area (Å²) in [5.41, 5.74) is 0.713. The molecule has 16 heavy (non-hydrogen) atoms. The summed E-state index contributed by atoms with van der Waals surface area (Å²) in [6.07, 6.45) is 6.35. The molecule has 2 rings (SSSR count). The molecule has 0 bridgehead atoms. The number of ether oxygens (including phenoxy) is 1. The Morgan fingerprint density at radius 1 is 1.38 bits per heavy atom. The molecule has 0 atom stereocenters. The molecule has 0 radical (unpaired) electrons. The number of hydrogen-bond acceptors (Lipinski definition) is 4. The Kier molecular flexibility index (Phi) is 3.21. The Morgan fingerprint density at radius 3 is 2.50 bits per heavy atom. The lowest BCUT2D eigenvalue weighted by Crippen LogP contribution is -2.23. The van der Waals surface area contributed by atoms with E-state index in [2.05, 4.69) is 15.3 Å². The Hall–Kier alpha value is -1.00. The largest absolute Gasteiger partial charge is 0.371 e. The van der Waals surface area contributed by atoms with E-state index in [0.29, 0.717) is 0 Å². The zero-order chi connectivity index (χ0) is 11.6. The smallest absolute Gasteiger partial charge is 0.159 e. The molecule has 0 spiro atoms. The topological polar surface area (TPSA) is 47.0 Å². The molecule has 1 aliphatic carbocycles. The van der Waals surface area contributed by atoms with Gasteiger partial charge in [0.05, 0.1) is 0 Å². The third kappa shape index (κ3) is 2.77. The summed E-state index contributed by atoms with van der Waals surface area (Å²) < 4.78 is 5.33. The van der Waals surface area contributed by atoms with Gasteiger partial charge in [0.25, 0.3) is 0 Å². The Bertz CT molecular complexity index is 344. The van der Waals surface area contributed by atoms with Crippen LogP contribution in [-0.2, 0) is 16.9 Å². The second-order valence-electron chi connectivity index (χ2n) is 4.78. The van der Waals surface area contributed by atoms with Crippen molar-refractivity contribution in [3.8, 4) is 0 Å². The van der Waals surface area contributed by atoms with Gasteiger partial charge in [-0.25, -0.2) is 9.97 Å². The molecule has 1 heterocycles. The Balaban J connectivity index is 1.97. The van der Waals surface area contributed by atoms with Crippen LogP contribution < -0.4 is 5.32 Å². The summed E-state index contributed by atoms with van der Waals surface area (Å²) in [5.74, 6) is 0.727. The maximum Gasteiger partial charge on any atom is 0.159 e. The average molecular weight is 221 g/mol. The summed E-state index contributed by atoms with van der Waals surface area (Å²) in [5, 5.41) is 3.43. The van der Waals surface area contributed by atoms with Crippen molar-refractivity contribution in [3.05, 3.63) is 23.8 Å². The molecule has 4 nitrogen and oxygen atoms in total. The molecule has 0 aromatic carbocycles. The van der Waals surface area contributed by atoms with Crippen LogP contribution in [0.2, 0.25) is 0 Å². The first kappa shape index (κ1) is 11.5. The molecule has 1 aliphatic rings. The number of rotatable bonds is 5. The van der Waals surface area contributed by atoms with Crippen molar-refractivity contribution >= 4 is 0 Å². The summed E-state index contributed by atoms with van der Waals surface area (Å²) in [6, 6.07) is 0.718. The lowest BCUT2D eigenvalue weighted by molar-refractivity contribution is 0.0114. The van der Waals surface area contributed by atoms with E-state index in [9.17, 15) is 0 Å². The zero-order valence-electron chi connectivity index (χ0n) is 10.2. The molecule has 4 heteroatoms. The van der Waals surface area contributed by atoms with Gasteiger partial charge in [-0.05, 0) is 26.7 Å². The SMILES string of the molecule is COC(C)(C)c1ncc(CNC2CC2)cn1. The van der Waals surface area contributed by atoms with E-state index >= 15 is 0 Å². The van der Waals surface area contributed by atoms with Crippen LogP contribution in [0.4, 0.5) is 0 Å². The molecule has 0 amide bonds. The fourth-order valence-electron chi connectivity index (χ4n) is 1.40. The lowest BCUT2D eigenvalue weighted by atomic mass is 10.1. The minimum absolute atomic E-state index is 0.414. The normalized spacial score (nSPS) is 16.4. The van der Waals surface area contributed by atoms with Crippen LogP contribution in [0.15, 0.2) is 12.4 Å². The van der Waals surface area contributed by atoms with E-state index in [4.69, 9.17) is 4.74 Å². The monoisotopic (exact) mass is 221 g/mol. The Labute approximate surface area is 96.4 Å². The van der Waals surface area contributed by atoms with Crippen LogP contribution in [0.25, 0.3) is 0 Å². The van der Waals surface area contributed by atoms with E-state index in [1.54, 1.807) is 7.11 Å². The molecule has 0 unspecified atom stereocenters. The van der Waals surface area contributed by atoms with E-state index in [0.717, 1.165) is 24.0 Å². The summed E-state index contributed by atoms with van der Waals surface area (Å²) in [7, 11) is 1.67. The average Bonchev–Trinajstić information content (AvgIpc) is 3.11. The van der Waals surface area contributed by atoms with Crippen molar-refractivity contribution in [2.45, 2.75) is 44.9 Å². The minimum Gasteiger partial charge on any atom is -0.371 e. The van der Waals surface area contributed by atoms with E-state index < -0.39 is 5.60 Å². The molecule has 1 fully saturated rings. The van der Waals surface area contributed by atoms with Crippen molar-refractivity contribution in [3.63, 3.8) is 0 Å². The highest BCUT2D eigenvalue weighted by molar-refractivity contribution is 5.08. The zero-order valence-corrected chi connectivity index (χ0v) is 10.2. The van der Waals surface area contributed by atoms with Gasteiger partial charge in [-0.1, -0.05) is 0 Å². The van der Waals surface area contributed by atoms with Gasteiger partial charge in [-0.3, -0.25) is 0 Å². The Morgan fingerprint density at radius 2 is 2.00 bits per heavy atom. The molecule has 1 saturated carbocycles. The van der Waals surface area contributed by atoms with Crippen LogP contribution in [-0.4, -0.2) is 23.1 Å². The fourth-order valence-corrected chi connectivity index (χ4v) is 1.40. The molecule has 0 aliphatic heterocycles. The van der Waals surface area contributed by atoms with Crippen molar-refractivity contribution in [2.75, 3.05) is 7.11 Å². The van der Waals surface area contributed by atoms with Gasteiger partial charge in [0, 0.05) is 37.7 Å². The van der Waals surface area contributed by atoms with Gasteiger partial charge in [-0.2, -0.15) is 0 Å². The first-order valence-electron chi connectivity index (χ1n) is 5.72. The van der Waals surface area contributed by atoms with Gasteiger partial charge < -0.3 is 10.1 Å². The lowest BCUT2D eigenvalue weighted by Gasteiger charge is -2.20. The standard InChI is InChI=1S/C12H19N3O/c1-12(2,16-3)11-14-7-9(8-15-11)6-13-10-4-5-10/h7-8,10,13H,4-6H2,1-3H3. The minimum atomic E-state index is -0.414. The highest BCUT2D eigenvalue weighted by atomic mass is 16.5. The van der Waals surface area contributed by atoms with Gasteiger partial charge in [0.15, 0.2) is 5.82 Å². The maximum atomic E-state index is 5.33.